The van der Waals surface area contributed by atoms with Crippen LogP contribution in [0.4, 0.5) is 5.82 Å². The van der Waals surface area contributed by atoms with Crippen molar-refractivity contribution in [2.24, 2.45) is 5.16 Å². The number of esters is 1. The molecule has 12 heteroatoms. The van der Waals surface area contributed by atoms with E-state index in [9.17, 15) is 18.0 Å². The molecule has 4 rings (SSSR count). The highest BCUT2D eigenvalue weighted by Gasteiger charge is 2.22. The van der Waals surface area contributed by atoms with E-state index >= 15 is 0 Å². The van der Waals surface area contributed by atoms with E-state index in [1.54, 1.807) is 41.2 Å². The van der Waals surface area contributed by atoms with Crippen LogP contribution < -0.4 is 5.32 Å². The number of hydrogen-bond acceptors (Lipinski definition) is 8. The molecule has 1 N–H and O–H groups in total. The van der Waals surface area contributed by atoms with Crippen LogP contribution in [0.5, 0.6) is 0 Å². The fourth-order valence-corrected chi connectivity index (χ4v) is 5.37. The van der Waals surface area contributed by atoms with Crippen molar-refractivity contribution in [3.63, 3.8) is 0 Å². The van der Waals surface area contributed by atoms with Gasteiger partial charge < -0.3 is 14.9 Å². The second-order valence-corrected chi connectivity index (χ2v) is 11.3. The summed E-state index contributed by atoms with van der Waals surface area (Å²) >= 11 is 6.22. The molecule has 1 aliphatic carbocycles. The van der Waals surface area contributed by atoms with Crippen LogP contribution >= 0.6 is 11.6 Å². The predicted molar refractivity (Wildman–Crippen MR) is 142 cm³/mol. The number of oxime groups is 1. The summed E-state index contributed by atoms with van der Waals surface area (Å²) in [6, 6.07) is 12.7. The number of hydrogen-bond donors (Lipinski definition) is 1. The van der Waals surface area contributed by atoms with Crippen LogP contribution in [0, 0.1) is 0 Å². The van der Waals surface area contributed by atoms with Crippen LogP contribution in [0.25, 0.3) is 0 Å². The Morgan fingerprint density at radius 3 is 2.42 bits per heavy atom. The number of carbonyl (C=O) groups is 2. The van der Waals surface area contributed by atoms with E-state index in [1.807, 2.05) is 0 Å². The molecule has 0 atom stereocenters. The highest BCUT2D eigenvalue weighted by molar-refractivity contribution is 7.90. The summed E-state index contributed by atoms with van der Waals surface area (Å²) in [5, 5.41) is 11.2. The first-order valence-electron chi connectivity index (χ1n) is 11.9. The predicted octanol–water partition coefficient (Wildman–Crippen LogP) is 4.08. The Balaban J connectivity index is 1.51. The number of halogens is 1. The zero-order chi connectivity index (χ0) is 27.3. The lowest BCUT2D eigenvalue weighted by molar-refractivity contribution is -0.110. The van der Waals surface area contributed by atoms with E-state index in [-0.39, 0.29) is 27.6 Å². The molecule has 3 aromatic rings. The van der Waals surface area contributed by atoms with Gasteiger partial charge in [-0.1, -0.05) is 35.0 Å². The minimum atomic E-state index is -3.54. The third-order valence-electron chi connectivity index (χ3n) is 6.02. The fraction of sp³-hybridized carbons (Fsp3) is 0.308. The molecule has 1 heterocycles. The number of sulfone groups is 1. The molecule has 2 aromatic carbocycles. The van der Waals surface area contributed by atoms with Crippen molar-refractivity contribution in [3.8, 4) is 0 Å². The number of rotatable bonds is 9. The third kappa shape index (κ3) is 6.78. The number of ether oxygens (including phenoxy) is 1. The second kappa shape index (κ2) is 11.8. The zero-order valence-corrected chi connectivity index (χ0v) is 22.5. The van der Waals surface area contributed by atoms with Crippen LogP contribution in [0.1, 0.15) is 47.2 Å². The van der Waals surface area contributed by atoms with Crippen molar-refractivity contribution >= 4 is 44.8 Å². The average Bonchev–Trinajstić information content (AvgIpc) is 3.55. The molecule has 0 bridgehead atoms. The molecular weight excluding hydrogens is 532 g/mol. The van der Waals surface area contributed by atoms with Gasteiger partial charge in [0.15, 0.2) is 21.4 Å². The quantitative estimate of drug-likeness (QED) is 0.238. The smallest absolute Gasteiger partial charge is 0.337 e. The maximum atomic E-state index is 13.2. The van der Waals surface area contributed by atoms with Gasteiger partial charge in [-0.25, -0.2) is 13.2 Å². The lowest BCUT2D eigenvalue weighted by atomic mass is 10.1. The molecule has 0 spiro atoms. The summed E-state index contributed by atoms with van der Waals surface area (Å²) in [6.45, 7) is 0.408. The lowest BCUT2D eigenvalue weighted by Crippen LogP contribution is -2.25. The Labute approximate surface area is 225 Å². The van der Waals surface area contributed by atoms with Crippen molar-refractivity contribution in [1.29, 1.82) is 0 Å². The van der Waals surface area contributed by atoms with Crippen LogP contribution in [-0.2, 0) is 30.8 Å². The normalized spacial score (nSPS) is 14.3. The minimum Gasteiger partial charge on any atom is -0.465 e. The lowest BCUT2D eigenvalue weighted by Gasteiger charge is -2.11. The van der Waals surface area contributed by atoms with Gasteiger partial charge >= 0.3 is 5.97 Å². The molecule has 1 fully saturated rings. The summed E-state index contributed by atoms with van der Waals surface area (Å²) < 4.78 is 30.2. The van der Waals surface area contributed by atoms with Crippen LogP contribution in [0.3, 0.4) is 0 Å². The average molecular weight is 559 g/mol. The molecule has 0 unspecified atom stereocenters. The number of nitrogens with zero attached hydrogens (tertiary/aromatic N) is 3. The largest absolute Gasteiger partial charge is 0.465 e. The van der Waals surface area contributed by atoms with Crippen molar-refractivity contribution in [2.45, 2.75) is 43.2 Å². The first-order chi connectivity index (χ1) is 18.1. The van der Waals surface area contributed by atoms with Crippen LogP contribution in [0.15, 0.2) is 64.8 Å². The molecule has 0 saturated heterocycles. The molecule has 1 aliphatic rings. The molecule has 1 saturated carbocycles. The van der Waals surface area contributed by atoms with E-state index < -0.39 is 21.7 Å². The summed E-state index contributed by atoms with van der Waals surface area (Å²) in [6.07, 6.45) is 6.41. The van der Waals surface area contributed by atoms with Crippen molar-refractivity contribution in [2.75, 3.05) is 18.7 Å². The topological polar surface area (TPSA) is 129 Å². The molecule has 10 nitrogen and oxygen atoms in total. The SMILES string of the molecule is COC(=O)c1ccc(Cn2ccc(NC(=O)/C(=N/OC3CCCC3)c3ccc(S(C)(=O)=O)c(Cl)c3)n2)cc1. The van der Waals surface area contributed by atoms with Gasteiger partial charge in [0.05, 0.1) is 29.1 Å². The van der Waals surface area contributed by atoms with Crippen LogP contribution in [-0.4, -0.2) is 55.3 Å². The van der Waals surface area contributed by atoms with Crippen molar-refractivity contribution in [3.05, 3.63) is 76.4 Å². The molecule has 1 aromatic heterocycles. The standard InChI is InChI=1S/C26H27ClN4O6S/c1-36-26(33)18-9-7-17(8-10-18)16-31-14-13-23(29-31)28-25(32)24(30-37-20-5-3-4-6-20)19-11-12-22(21(27)15-19)38(2,34)35/h7-15,20H,3-6,16H2,1-2H3,(H,28,29,32)/b30-24+. The summed E-state index contributed by atoms with van der Waals surface area (Å²) in [4.78, 5) is 30.4. The van der Waals surface area contributed by atoms with Gasteiger partial charge in [-0.05, 0) is 55.5 Å². The van der Waals surface area contributed by atoms with Gasteiger partial charge in [0.1, 0.15) is 6.10 Å². The number of benzene rings is 2. The second-order valence-electron chi connectivity index (χ2n) is 8.91. The first-order valence-corrected chi connectivity index (χ1v) is 14.2. The third-order valence-corrected chi connectivity index (χ3v) is 7.60. The van der Waals surface area contributed by atoms with Gasteiger partial charge in [0.2, 0.25) is 0 Å². The Hall–Kier alpha value is -3.70. The van der Waals surface area contributed by atoms with Crippen molar-refractivity contribution < 1.29 is 27.6 Å². The van der Waals surface area contributed by atoms with Gasteiger partial charge in [-0.3, -0.25) is 9.48 Å². The number of aromatic nitrogens is 2. The van der Waals surface area contributed by atoms with E-state index in [4.69, 9.17) is 21.2 Å². The number of anilines is 1. The number of nitrogens with one attached hydrogen (secondary N) is 1. The van der Waals surface area contributed by atoms with E-state index in [2.05, 4.69) is 15.6 Å². The number of methoxy groups -OCH3 is 1. The van der Waals surface area contributed by atoms with E-state index in [0.717, 1.165) is 37.5 Å². The fourth-order valence-electron chi connectivity index (χ4n) is 4.04. The molecule has 38 heavy (non-hydrogen) atoms. The maximum absolute atomic E-state index is 13.2. The van der Waals surface area contributed by atoms with Gasteiger partial charge in [-0.15, -0.1) is 0 Å². The monoisotopic (exact) mass is 558 g/mol. The van der Waals surface area contributed by atoms with Gasteiger partial charge in [-0.2, -0.15) is 5.10 Å². The van der Waals surface area contributed by atoms with E-state index in [1.165, 1.54) is 25.3 Å². The number of amides is 1. The van der Waals surface area contributed by atoms with Gasteiger partial charge in [0.25, 0.3) is 5.91 Å². The molecule has 0 radical (unpaired) electrons. The Morgan fingerprint density at radius 2 is 1.79 bits per heavy atom. The molecular formula is C26H27ClN4O6S. The Bertz CT molecular complexity index is 1460. The summed E-state index contributed by atoms with van der Waals surface area (Å²) in [5.41, 5.74) is 1.60. The van der Waals surface area contributed by atoms with Crippen molar-refractivity contribution in [1.82, 2.24) is 9.78 Å². The minimum absolute atomic E-state index is 0.0196. The maximum Gasteiger partial charge on any atom is 0.337 e. The first kappa shape index (κ1) is 27.3. The zero-order valence-electron chi connectivity index (χ0n) is 20.9. The Morgan fingerprint density at radius 1 is 1.11 bits per heavy atom. The Kier molecular flexibility index (Phi) is 8.48. The molecule has 0 aliphatic heterocycles. The van der Waals surface area contributed by atoms with E-state index in [0.29, 0.717) is 17.7 Å². The summed E-state index contributed by atoms with van der Waals surface area (Å²) in [5.74, 6) is -0.713. The number of carbonyl (C=O) groups excluding carboxylic acids is 2. The highest BCUT2D eigenvalue weighted by Crippen LogP contribution is 2.25. The molecule has 200 valence electrons. The highest BCUT2D eigenvalue weighted by atomic mass is 35.5. The summed E-state index contributed by atoms with van der Waals surface area (Å²) in [7, 11) is -2.22. The van der Waals surface area contributed by atoms with Crippen LogP contribution in [0.2, 0.25) is 5.02 Å². The molecule has 1 amide bonds. The van der Waals surface area contributed by atoms with Gasteiger partial charge in [0, 0.05) is 24.1 Å².